The molecule has 0 saturated heterocycles. The molecule has 21 heavy (non-hydrogen) atoms. The second-order valence-electron chi connectivity index (χ2n) is 5.22. The Balaban J connectivity index is 1.82. The molecule has 2 aromatic carbocycles. The number of carbonyl (C=O) groups excluding carboxylic acids is 1. The molecule has 0 aliphatic heterocycles. The van der Waals surface area contributed by atoms with Crippen molar-refractivity contribution >= 4 is 29.3 Å². The monoisotopic (exact) mass is 314 g/mol. The fraction of sp³-hybridized carbons (Fsp3) is 0.278. The van der Waals surface area contributed by atoms with Crippen LogP contribution in [0.2, 0.25) is 0 Å². The second kappa shape index (κ2) is 6.29. The zero-order valence-corrected chi connectivity index (χ0v) is 13.6. The molecular weight excluding hydrogens is 296 g/mol. The van der Waals surface area contributed by atoms with Gasteiger partial charge in [-0.05, 0) is 30.7 Å². The van der Waals surface area contributed by atoms with Crippen LogP contribution in [0.15, 0.2) is 70.5 Å². The van der Waals surface area contributed by atoms with E-state index in [0.29, 0.717) is 12.2 Å². The van der Waals surface area contributed by atoms with Crippen LogP contribution in [0.1, 0.15) is 19.8 Å². The smallest absolute Gasteiger partial charge is 0.138 e. The van der Waals surface area contributed by atoms with E-state index in [1.54, 1.807) is 0 Å². The van der Waals surface area contributed by atoms with Gasteiger partial charge in [0, 0.05) is 22.1 Å². The highest BCUT2D eigenvalue weighted by Gasteiger charge is 2.59. The Morgan fingerprint density at radius 3 is 1.90 bits per heavy atom. The predicted molar refractivity (Wildman–Crippen MR) is 90.7 cm³/mol. The summed E-state index contributed by atoms with van der Waals surface area (Å²) in [7, 11) is 0. The highest BCUT2D eigenvalue weighted by molar-refractivity contribution is 8.18. The summed E-state index contributed by atoms with van der Waals surface area (Å²) < 4.78 is -0.0181. The van der Waals surface area contributed by atoms with E-state index in [4.69, 9.17) is 0 Å². The summed E-state index contributed by atoms with van der Waals surface area (Å²) in [6, 6.07) is 20.8. The third-order valence-corrected chi connectivity index (χ3v) is 6.77. The van der Waals surface area contributed by atoms with Crippen molar-refractivity contribution in [2.45, 2.75) is 33.6 Å². The van der Waals surface area contributed by atoms with Crippen LogP contribution in [0.25, 0.3) is 0 Å². The summed E-state index contributed by atoms with van der Waals surface area (Å²) in [6.45, 7) is 1.96. The van der Waals surface area contributed by atoms with Crippen LogP contribution >= 0.6 is 23.5 Å². The van der Waals surface area contributed by atoms with Gasteiger partial charge in [0.25, 0.3) is 0 Å². The van der Waals surface area contributed by atoms with E-state index in [-0.39, 0.29) is 10.00 Å². The lowest BCUT2D eigenvalue weighted by Crippen LogP contribution is -2.09. The van der Waals surface area contributed by atoms with Crippen molar-refractivity contribution < 1.29 is 4.79 Å². The van der Waals surface area contributed by atoms with Crippen molar-refractivity contribution in [1.29, 1.82) is 0 Å². The molecule has 3 rings (SSSR count). The Morgan fingerprint density at radius 1 is 1.00 bits per heavy atom. The summed E-state index contributed by atoms with van der Waals surface area (Å²) in [5.74, 6) is 0.569. The first-order valence-electron chi connectivity index (χ1n) is 7.24. The van der Waals surface area contributed by atoms with Crippen LogP contribution in [0.5, 0.6) is 0 Å². The first kappa shape index (κ1) is 14.7. The normalized spacial score (nSPS) is 19.2. The van der Waals surface area contributed by atoms with Crippen molar-refractivity contribution in [3.63, 3.8) is 0 Å². The van der Waals surface area contributed by atoms with Crippen LogP contribution in [0, 0.1) is 5.92 Å². The van der Waals surface area contributed by atoms with Gasteiger partial charge in [0.15, 0.2) is 0 Å². The zero-order chi connectivity index (χ0) is 14.7. The van der Waals surface area contributed by atoms with Gasteiger partial charge >= 0.3 is 0 Å². The van der Waals surface area contributed by atoms with E-state index < -0.39 is 0 Å². The SMILES string of the molecule is CCC(=O)C1CC1(Sc1ccccc1)Sc1ccccc1. The summed E-state index contributed by atoms with van der Waals surface area (Å²) in [5, 5.41) is 0. The number of ketones is 1. The molecule has 3 heteroatoms. The largest absolute Gasteiger partial charge is 0.299 e. The summed E-state index contributed by atoms with van der Waals surface area (Å²) in [4.78, 5) is 14.6. The lowest BCUT2D eigenvalue weighted by Gasteiger charge is -2.16. The zero-order valence-electron chi connectivity index (χ0n) is 12.0. The van der Waals surface area contributed by atoms with Crippen LogP contribution in [0.3, 0.4) is 0 Å². The van der Waals surface area contributed by atoms with Gasteiger partial charge in [-0.25, -0.2) is 0 Å². The maximum absolute atomic E-state index is 12.1. The van der Waals surface area contributed by atoms with Crippen LogP contribution in [-0.4, -0.2) is 9.86 Å². The number of hydrogen-bond acceptors (Lipinski definition) is 3. The van der Waals surface area contributed by atoms with Gasteiger partial charge in [0.2, 0.25) is 0 Å². The van der Waals surface area contributed by atoms with Gasteiger partial charge in [0.1, 0.15) is 5.78 Å². The van der Waals surface area contributed by atoms with Gasteiger partial charge in [-0.2, -0.15) is 0 Å². The van der Waals surface area contributed by atoms with Crippen molar-refractivity contribution in [2.75, 3.05) is 0 Å². The minimum Gasteiger partial charge on any atom is -0.299 e. The van der Waals surface area contributed by atoms with Crippen molar-refractivity contribution in [2.24, 2.45) is 5.92 Å². The van der Waals surface area contributed by atoms with Gasteiger partial charge < -0.3 is 0 Å². The summed E-state index contributed by atoms with van der Waals surface area (Å²) in [5.41, 5.74) is 0. The van der Waals surface area contributed by atoms with E-state index in [2.05, 4.69) is 48.5 Å². The lowest BCUT2D eigenvalue weighted by molar-refractivity contribution is -0.119. The van der Waals surface area contributed by atoms with Gasteiger partial charge in [-0.3, -0.25) is 4.79 Å². The standard InChI is InChI=1S/C18H18OS2/c1-2-17(19)16-13-18(16,20-14-9-5-3-6-10-14)21-15-11-7-4-8-12-15/h3-12,16H,2,13H2,1H3. The molecule has 1 aliphatic carbocycles. The number of carbonyl (C=O) groups is 1. The number of thioether (sulfide) groups is 2. The summed E-state index contributed by atoms with van der Waals surface area (Å²) >= 11 is 3.69. The van der Waals surface area contributed by atoms with E-state index in [0.717, 1.165) is 6.42 Å². The van der Waals surface area contributed by atoms with E-state index in [9.17, 15) is 4.79 Å². The molecule has 1 aliphatic rings. The lowest BCUT2D eigenvalue weighted by atomic mass is 10.2. The quantitative estimate of drug-likeness (QED) is 0.676. The molecule has 1 saturated carbocycles. The van der Waals surface area contributed by atoms with Crippen molar-refractivity contribution in [3.05, 3.63) is 60.7 Å². The van der Waals surface area contributed by atoms with Gasteiger partial charge in [-0.15, -0.1) is 23.5 Å². The third kappa shape index (κ3) is 3.35. The Morgan fingerprint density at radius 2 is 1.48 bits per heavy atom. The Bertz CT molecular complexity index is 568. The fourth-order valence-corrected chi connectivity index (χ4v) is 5.63. The maximum Gasteiger partial charge on any atom is 0.138 e. The summed E-state index contributed by atoms with van der Waals surface area (Å²) in [6.07, 6.45) is 1.61. The predicted octanol–water partition coefficient (Wildman–Crippen LogP) is 5.27. The number of benzene rings is 2. The highest BCUT2D eigenvalue weighted by Crippen LogP contribution is 2.66. The molecule has 0 N–H and O–H groups in total. The maximum atomic E-state index is 12.1. The Kier molecular flexibility index (Phi) is 4.41. The van der Waals surface area contributed by atoms with Gasteiger partial charge in [0.05, 0.1) is 4.08 Å². The van der Waals surface area contributed by atoms with Crippen LogP contribution < -0.4 is 0 Å². The number of Topliss-reactive ketones (excluding diaryl/α,β-unsaturated/α-hetero) is 1. The highest BCUT2D eigenvalue weighted by atomic mass is 32.2. The van der Waals surface area contributed by atoms with Gasteiger partial charge in [-0.1, -0.05) is 43.3 Å². The molecule has 0 aromatic heterocycles. The number of rotatable bonds is 6. The van der Waals surface area contributed by atoms with Crippen molar-refractivity contribution in [1.82, 2.24) is 0 Å². The Hall–Kier alpha value is -1.19. The molecular formula is C18H18OS2. The van der Waals surface area contributed by atoms with Crippen LogP contribution in [0.4, 0.5) is 0 Å². The van der Waals surface area contributed by atoms with E-state index in [1.165, 1.54) is 9.79 Å². The minimum atomic E-state index is -0.0181. The minimum absolute atomic E-state index is 0.0181. The first-order chi connectivity index (χ1) is 10.2. The fourth-order valence-electron chi connectivity index (χ4n) is 2.45. The molecule has 1 nitrogen and oxygen atoms in total. The molecule has 1 atom stereocenters. The first-order valence-corrected chi connectivity index (χ1v) is 8.87. The molecule has 0 radical (unpaired) electrons. The third-order valence-electron chi connectivity index (χ3n) is 3.66. The molecule has 0 amide bonds. The number of hydrogen-bond donors (Lipinski definition) is 0. The van der Waals surface area contributed by atoms with Crippen LogP contribution in [-0.2, 0) is 4.79 Å². The molecule has 0 heterocycles. The Labute approximate surface area is 134 Å². The molecule has 0 bridgehead atoms. The topological polar surface area (TPSA) is 17.1 Å². The van der Waals surface area contributed by atoms with E-state index >= 15 is 0 Å². The van der Waals surface area contributed by atoms with E-state index in [1.807, 2.05) is 42.6 Å². The molecule has 0 spiro atoms. The average molecular weight is 314 g/mol. The van der Waals surface area contributed by atoms with Crippen molar-refractivity contribution in [3.8, 4) is 0 Å². The molecule has 1 fully saturated rings. The average Bonchev–Trinajstić information content (AvgIpc) is 3.22. The molecule has 1 unspecified atom stereocenters. The second-order valence-corrected chi connectivity index (χ2v) is 8.29. The molecule has 2 aromatic rings. The molecule has 108 valence electrons.